The number of pyridine rings is 1. The molecule has 0 fully saturated rings. The Morgan fingerprint density at radius 3 is 2.81 bits per heavy atom. The highest BCUT2D eigenvalue weighted by Gasteiger charge is 2.17. The molecule has 4 nitrogen and oxygen atoms in total. The summed E-state index contributed by atoms with van der Waals surface area (Å²) in [5.74, 6) is -0.783. The van der Waals surface area contributed by atoms with E-state index in [1.807, 2.05) is 0 Å². The Morgan fingerprint density at radius 2 is 2.14 bits per heavy atom. The number of anilines is 1. The van der Waals surface area contributed by atoms with E-state index >= 15 is 0 Å². The van der Waals surface area contributed by atoms with Crippen molar-refractivity contribution in [2.75, 3.05) is 18.6 Å². The number of aromatic nitrogens is 1. The Morgan fingerprint density at radius 1 is 1.38 bits per heavy atom. The average Bonchev–Trinajstić information content (AvgIpc) is 2.46. The monoisotopic (exact) mass is 328 g/mol. The van der Waals surface area contributed by atoms with E-state index in [-0.39, 0.29) is 12.4 Å². The predicted molar refractivity (Wildman–Crippen MR) is 79.6 cm³/mol. The second-order valence-electron chi connectivity index (χ2n) is 4.13. The zero-order valence-electron chi connectivity index (χ0n) is 11.0. The average molecular weight is 329 g/mol. The number of benzene rings is 1. The Kier molecular flexibility index (Phi) is 4.98. The normalized spacial score (nSPS) is 10.3. The summed E-state index contributed by atoms with van der Waals surface area (Å²) in [6, 6.07) is 7.32. The molecule has 0 spiro atoms. The summed E-state index contributed by atoms with van der Waals surface area (Å²) in [6.45, 7) is -0.298. The predicted octanol–water partition coefficient (Wildman–Crippen LogP) is 3.57. The number of carbonyl (C=O) groups excluding carboxylic acids is 1. The standard InChI is InChI=1S/C14H11Cl2FN2O2/c1-19(14-11(17)3-2-6-18-14)13(20)8-21-12-5-4-9(15)7-10(12)16/h2-7H,8H2,1H3. The Balaban J connectivity index is 2.03. The summed E-state index contributed by atoms with van der Waals surface area (Å²) in [5.41, 5.74) is 0. The largest absolute Gasteiger partial charge is 0.482 e. The van der Waals surface area contributed by atoms with Crippen LogP contribution in [0.5, 0.6) is 5.75 Å². The molecule has 0 saturated carbocycles. The van der Waals surface area contributed by atoms with Crippen LogP contribution in [0.3, 0.4) is 0 Å². The fraction of sp³-hybridized carbons (Fsp3) is 0.143. The van der Waals surface area contributed by atoms with Crippen LogP contribution < -0.4 is 9.64 Å². The fourth-order valence-corrected chi connectivity index (χ4v) is 2.03. The van der Waals surface area contributed by atoms with Gasteiger partial charge in [0.15, 0.2) is 18.2 Å². The van der Waals surface area contributed by atoms with E-state index in [2.05, 4.69) is 4.98 Å². The minimum absolute atomic E-state index is 0.0618. The first-order valence-electron chi connectivity index (χ1n) is 5.94. The summed E-state index contributed by atoms with van der Waals surface area (Å²) < 4.78 is 18.8. The first-order valence-corrected chi connectivity index (χ1v) is 6.69. The van der Waals surface area contributed by atoms with E-state index in [0.29, 0.717) is 15.8 Å². The van der Waals surface area contributed by atoms with Gasteiger partial charge in [-0.25, -0.2) is 9.37 Å². The maximum absolute atomic E-state index is 13.5. The number of hydrogen-bond donors (Lipinski definition) is 0. The minimum Gasteiger partial charge on any atom is -0.482 e. The van der Waals surface area contributed by atoms with Gasteiger partial charge in [-0.1, -0.05) is 23.2 Å². The van der Waals surface area contributed by atoms with E-state index in [0.717, 1.165) is 4.90 Å². The third kappa shape index (κ3) is 3.83. The molecule has 0 aliphatic heterocycles. The van der Waals surface area contributed by atoms with Crippen molar-refractivity contribution < 1.29 is 13.9 Å². The van der Waals surface area contributed by atoms with Gasteiger partial charge in [-0.15, -0.1) is 0 Å². The molecule has 0 saturated heterocycles. The van der Waals surface area contributed by atoms with Crippen molar-refractivity contribution in [2.45, 2.75) is 0 Å². The topological polar surface area (TPSA) is 42.4 Å². The number of hydrogen-bond acceptors (Lipinski definition) is 3. The molecular weight excluding hydrogens is 318 g/mol. The SMILES string of the molecule is CN(C(=O)COc1ccc(Cl)cc1Cl)c1ncccc1F. The highest BCUT2D eigenvalue weighted by atomic mass is 35.5. The lowest BCUT2D eigenvalue weighted by molar-refractivity contribution is -0.120. The van der Waals surface area contributed by atoms with Crippen molar-refractivity contribution in [2.24, 2.45) is 0 Å². The van der Waals surface area contributed by atoms with E-state index < -0.39 is 11.7 Å². The van der Waals surface area contributed by atoms with Gasteiger partial charge in [-0.3, -0.25) is 9.69 Å². The van der Waals surface area contributed by atoms with Crippen molar-refractivity contribution in [3.63, 3.8) is 0 Å². The highest BCUT2D eigenvalue weighted by molar-refractivity contribution is 6.35. The smallest absolute Gasteiger partial charge is 0.265 e. The van der Waals surface area contributed by atoms with Crippen LogP contribution >= 0.6 is 23.2 Å². The fourth-order valence-electron chi connectivity index (χ4n) is 1.57. The second kappa shape index (κ2) is 6.74. The first kappa shape index (κ1) is 15.5. The molecule has 21 heavy (non-hydrogen) atoms. The molecule has 0 radical (unpaired) electrons. The van der Waals surface area contributed by atoms with E-state index in [1.54, 1.807) is 12.1 Å². The lowest BCUT2D eigenvalue weighted by atomic mass is 10.3. The molecule has 0 unspecified atom stereocenters. The van der Waals surface area contributed by atoms with Crippen LogP contribution in [0, 0.1) is 5.82 Å². The van der Waals surface area contributed by atoms with E-state index in [9.17, 15) is 9.18 Å². The molecule has 0 aliphatic rings. The minimum atomic E-state index is -0.585. The summed E-state index contributed by atoms with van der Waals surface area (Å²) >= 11 is 11.7. The molecule has 1 heterocycles. The molecule has 2 rings (SSSR count). The van der Waals surface area contributed by atoms with Crippen LogP contribution in [0.4, 0.5) is 10.2 Å². The molecule has 0 bridgehead atoms. The third-order valence-electron chi connectivity index (χ3n) is 2.68. The maximum atomic E-state index is 13.5. The van der Waals surface area contributed by atoms with Crippen LogP contribution in [-0.2, 0) is 4.79 Å². The van der Waals surface area contributed by atoms with Crippen molar-refractivity contribution in [1.29, 1.82) is 0 Å². The van der Waals surface area contributed by atoms with Crippen LogP contribution in [-0.4, -0.2) is 24.5 Å². The molecule has 0 atom stereocenters. The molecule has 1 aromatic heterocycles. The quantitative estimate of drug-likeness (QED) is 0.861. The number of likely N-dealkylation sites (N-methyl/N-ethyl adjacent to an activating group) is 1. The zero-order chi connectivity index (χ0) is 15.4. The van der Waals surface area contributed by atoms with Gasteiger partial charge in [0.1, 0.15) is 5.75 Å². The van der Waals surface area contributed by atoms with E-state index in [4.69, 9.17) is 27.9 Å². The number of carbonyl (C=O) groups is 1. The third-order valence-corrected chi connectivity index (χ3v) is 3.21. The molecule has 2 aromatic rings. The number of ether oxygens (including phenoxy) is 1. The van der Waals surface area contributed by atoms with Crippen LogP contribution in [0.2, 0.25) is 10.0 Å². The van der Waals surface area contributed by atoms with Crippen molar-refractivity contribution in [1.82, 2.24) is 4.98 Å². The van der Waals surface area contributed by atoms with Gasteiger partial charge in [0.2, 0.25) is 0 Å². The lowest BCUT2D eigenvalue weighted by Crippen LogP contribution is -2.32. The highest BCUT2D eigenvalue weighted by Crippen LogP contribution is 2.27. The molecule has 0 N–H and O–H groups in total. The number of halogens is 3. The zero-order valence-corrected chi connectivity index (χ0v) is 12.5. The Labute approximate surface area is 131 Å². The first-order chi connectivity index (χ1) is 9.99. The summed E-state index contributed by atoms with van der Waals surface area (Å²) in [5, 5.41) is 0.758. The molecular formula is C14H11Cl2FN2O2. The Hall–Kier alpha value is -1.85. The van der Waals surface area contributed by atoms with E-state index in [1.165, 1.54) is 31.4 Å². The van der Waals surface area contributed by atoms with Gasteiger partial charge >= 0.3 is 0 Å². The summed E-state index contributed by atoms with van der Waals surface area (Å²) in [6.07, 6.45) is 1.40. The van der Waals surface area contributed by atoms with Gasteiger partial charge in [0.25, 0.3) is 5.91 Å². The van der Waals surface area contributed by atoms with Crippen LogP contribution in [0.15, 0.2) is 36.5 Å². The van der Waals surface area contributed by atoms with Crippen molar-refractivity contribution >= 4 is 34.9 Å². The lowest BCUT2D eigenvalue weighted by Gasteiger charge is -2.17. The molecule has 0 aliphatic carbocycles. The van der Waals surface area contributed by atoms with Gasteiger partial charge in [0, 0.05) is 18.3 Å². The number of rotatable bonds is 4. The van der Waals surface area contributed by atoms with Crippen molar-refractivity contribution in [3.8, 4) is 5.75 Å². The van der Waals surface area contributed by atoms with Crippen molar-refractivity contribution in [3.05, 3.63) is 52.4 Å². The summed E-state index contributed by atoms with van der Waals surface area (Å²) in [4.78, 5) is 16.9. The van der Waals surface area contributed by atoms with Gasteiger partial charge in [0.05, 0.1) is 5.02 Å². The number of nitrogens with zero attached hydrogens (tertiary/aromatic N) is 2. The van der Waals surface area contributed by atoms with Gasteiger partial charge < -0.3 is 4.74 Å². The second-order valence-corrected chi connectivity index (χ2v) is 4.97. The summed E-state index contributed by atoms with van der Waals surface area (Å²) in [7, 11) is 1.42. The van der Waals surface area contributed by atoms with Crippen LogP contribution in [0.1, 0.15) is 0 Å². The Bertz CT molecular complexity index is 667. The van der Waals surface area contributed by atoms with Crippen LogP contribution in [0.25, 0.3) is 0 Å². The molecule has 110 valence electrons. The molecule has 1 amide bonds. The maximum Gasteiger partial charge on any atom is 0.265 e. The van der Waals surface area contributed by atoms with Gasteiger partial charge in [-0.2, -0.15) is 0 Å². The number of amides is 1. The molecule has 1 aromatic carbocycles. The molecule has 7 heteroatoms. The van der Waals surface area contributed by atoms with Gasteiger partial charge in [-0.05, 0) is 30.3 Å².